The van der Waals surface area contributed by atoms with Crippen molar-refractivity contribution in [3.8, 4) is 17.2 Å². The van der Waals surface area contributed by atoms with Crippen LogP contribution in [0.5, 0.6) is 17.2 Å². The van der Waals surface area contributed by atoms with Gasteiger partial charge < -0.3 is 19.3 Å². The molecule has 456 valence electrons. The number of alkyl halides is 39. The number of hydrogen-bond acceptors (Lipinski definition) is 4. The standard InChI is InChI=1S/C34H23F39O4/c35-17(36,20(41,42)23(47,48)26(53,54)29(59,60)32(65,66)67)4-1-7-75-14-10-13(12-74)11-15(76-8-2-5-18(37,38)21(43,44)24(49,50)27(55,56)30(61,62)33(68,69)70)16(14)77-9-3-6-19(39,40)22(45,46)25(51,52)28(57,58)31(63,64)34(71,72)73/h10-11,74H,1-9,12H2. The highest BCUT2D eigenvalue weighted by Gasteiger charge is 2.93. The molecule has 4 nitrogen and oxygen atoms in total. The highest BCUT2D eigenvalue weighted by Crippen LogP contribution is 2.64. The molecule has 0 fully saturated rings. The van der Waals surface area contributed by atoms with E-state index < -0.39 is 195 Å². The first-order valence-corrected chi connectivity index (χ1v) is 19.0. The molecule has 0 unspecified atom stereocenters. The first-order chi connectivity index (χ1) is 33.5. The van der Waals surface area contributed by atoms with E-state index in [-0.39, 0.29) is 12.1 Å². The van der Waals surface area contributed by atoms with Crippen LogP contribution < -0.4 is 14.2 Å². The molecule has 0 aliphatic carbocycles. The number of benzene rings is 1. The van der Waals surface area contributed by atoms with E-state index >= 15 is 0 Å². The van der Waals surface area contributed by atoms with Crippen LogP contribution in [-0.2, 0) is 6.61 Å². The number of ether oxygens (including phenoxy) is 3. The zero-order valence-electron chi connectivity index (χ0n) is 35.6. The Kier molecular flexibility index (Phi) is 19.4. The third-order valence-electron chi connectivity index (χ3n) is 9.93. The molecule has 1 rings (SSSR count). The predicted octanol–water partition coefficient (Wildman–Crippen LogP) is 15.9. The molecule has 0 amide bonds. The van der Waals surface area contributed by atoms with E-state index in [4.69, 9.17) is 0 Å². The summed E-state index contributed by atoms with van der Waals surface area (Å²) in [5, 5.41) is 9.50. The van der Waals surface area contributed by atoms with Gasteiger partial charge in [-0.2, -0.15) is 171 Å². The lowest BCUT2D eigenvalue weighted by molar-refractivity contribution is -0.440. The van der Waals surface area contributed by atoms with Gasteiger partial charge in [-0.3, -0.25) is 0 Å². The van der Waals surface area contributed by atoms with E-state index in [0.717, 1.165) is 0 Å². The molecular weight excluding hydrogens is 1210 g/mol. The van der Waals surface area contributed by atoms with Gasteiger partial charge in [-0.1, -0.05) is 0 Å². The van der Waals surface area contributed by atoms with Gasteiger partial charge in [0.1, 0.15) is 0 Å². The minimum Gasteiger partial charge on any atom is -0.490 e. The van der Waals surface area contributed by atoms with Crippen LogP contribution in [0.2, 0.25) is 0 Å². The largest absolute Gasteiger partial charge is 0.490 e. The van der Waals surface area contributed by atoms with Gasteiger partial charge in [-0.25, -0.2) is 0 Å². The number of aliphatic hydroxyl groups is 1. The fraction of sp³-hybridized carbons (Fsp3) is 0.824. The van der Waals surface area contributed by atoms with Crippen molar-refractivity contribution in [2.24, 2.45) is 0 Å². The van der Waals surface area contributed by atoms with Gasteiger partial charge in [0.15, 0.2) is 11.5 Å². The lowest BCUT2D eigenvalue weighted by Crippen LogP contribution is -2.70. The molecule has 1 N–H and O–H groups in total. The molecule has 43 heteroatoms. The zero-order valence-corrected chi connectivity index (χ0v) is 35.6. The molecule has 0 radical (unpaired) electrons. The highest BCUT2D eigenvalue weighted by atomic mass is 19.5. The summed E-state index contributed by atoms with van der Waals surface area (Å²) < 4.78 is 540. The number of hydrogen-bond donors (Lipinski definition) is 1. The van der Waals surface area contributed by atoms with Crippen LogP contribution in [0.3, 0.4) is 0 Å². The van der Waals surface area contributed by atoms with E-state index in [1.54, 1.807) is 0 Å². The van der Waals surface area contributed by atoms with Crippen LogP contribution in [0.1, 0.15) is 44.1 Å². The van der Waals surface area contributed by atoms with Crippen LogP contribution in [0.15, 0.2) is 12.1 Å². The molecule has 1 aromatic carbocycles. The molecule has 1 aromatic rings. The zero-order chi connectivity index (χ0) is 61.9. The van der Waals surface area contributed by atoms with E-state index in [1.807, 2.05) is 0 Å². The van der Waals surface area contributed by atoms with Gasteiger partial charge >= 0.3 is 107 Å². The van der Waals surface area contributed by atoms with Crippen molar-refractivity contribution in [1.82, 2.24) is 0 Å². The van der Waals surface area contributed by atoms with Gasteiger partial charge in [0.05, 0.1) is 26.4 Å². The number of rotatable bonds is 28. The van der Waals surface area contributed by atoms with E-state index in [2.05, 4.69) is 14.2 Å². The van der Waals surface area contributed by atoms with Gasteiger partial charge in [-0.05, 0) is 37.0 Å². The van der Waals surface area contributed by atoms with Crippen molar-refractivity contribution < 1.29 is 191 Å². The molecule has 0 saturated carbocycles. The number of aliphatic hydroxyl groups excluding tert-OH is 1. The maximum Gasteiger partial charge on any atom is 0.460 e. The van der Waals surface area contributed by atoms with Crippen molar-refractivity contribution in [2.45, 2.75) is 152 Å². The van der Waals surface area contributed by atoms with E-state index in [1.165, 1.54) is 0 Å². The van der Waals surface area contributed by atoms with Crippen molar-refractivity contribution in [2.75, 3.05) is 19.8 Å². The fourth-order valence-electron chi connectivity index (χ4n) is 5.38. The van der Waals surface area contributed by atoms with Gasteiger partial charge in [0.2, 0.25) is 5.75 Å². The normalized spacial score (nSPS) is 15.8. The van der Waals surface area contributed by atoms with Crippen LogP contribution in [0.25, 0.3) is 0 Å². The lowest BCUT2D eigenvalue weighted by Gasteiger charge is -2.39. The van der Waals surface area contributed by atoms with E-state index in [9.17, 15) is 176 Å². The molecular formula is C34H23F39O4. The molecule has 0 atom stereocenters. The fourth-order valence-corrected chi connectivity index (χ4v) is 5.38. The van der Waals surface area contributed by atoms with Crippen LogP contribution >= 0.6 is 0 Å². The van der Waals surface area contributed by atoms with Gasteiger partial charge in [0.25, 0.3) is 0 Å². The SMILES string of the molecule is OCc1cc(OCCCC(F)(F)C(F)(F)C(F)(F)C(F)(F)C(F)(F)C(F)(F)F)c(OCCCC(F)(F)C(F)(F)C(F)(F)C(F)(F)C(F)(F)C(F)(F)F)c(OCCCC(F)(F)C(F)(F)C(F)(F)C(F)(F)C(F)(F)C(F)(F)F)c1. The summed E-state index contributed by atoms with van der Waals surface area (Å²) in [5.41, 5.74) is -0.971. The van der Waals surface area contributed by atoms with Gasteiger partial charge in [-0.15, -0.1) is 0 Å². The van der Waals surface area contributed by atoms with E-state index in [0.29, 0.717) is 0 Å². The molecule has 77 heavy (non-hydrogen) atoms. The minimum absolute atomic E-state index is 0.114. The first-order valence-electron chi connectivity index (χ1n) is 19.0. The highest BCUT2D eigenvalue weighted by molar-refractivity contribution is 5.54. The molecule has 0 bridgehead atoms. The number of halogens is 39. The maximum absolute atomic E-state index is 14.4. The minimum atomic E-state index is -8.45. The summed E-state index contributed by atoms with van der Waals surface area (Å²) in [5.74, 6) is -125. The van der Waals surface area contributed by atoms with Crippen molar-refractivity contribution in [3.05, 3.63) is 17.7 Å². The summed E-state index contributed by atoms with van der Waals surface area (Å²) in [4.78, 5) is 0. The molecule has 0 saturated heterocycles. The third-order valence-corrected chi connectivity index (χ3v) is 9.93. The molecule has 0 heterocycles. The average molecular weight is 1240 g/mol. The topological polar surface area (TPSA) is 47.9 Å². The Morgan fingerprint density at radius 1 is 0.273 bits per heavy atom. The van der Waals surface area contributed by atoms with Crippen molar-refractivity contribution in [1.29, 1.82) is 0 Å². The Labute approximate surface area is 398 Å². The Morgan fingerprint density at radius 3 is 0.662 bits per heavy atom. The predicted molar refractivity (Wildman–Crippen MR) is 169 cm³/mol. The van der Waals surface area contributed by atoms with Crippen LogP contribution in [0.4, 0.5) is 171 Å². The van der Waals surface area contributed by atoms with Gasteiger partial charge in [0, 0.05) is 19.3 Å². The monoisotopic (exact) mass is 1240 g/mol. The summed E-state index contributed by atoms with van der Waals surface area (Å²) in [6.07, 6.45) is -39.5. The second-order valence-corrected chi connectivity index (χ2v) is 15.4. The second kappa shape index (κ2) is 21.1. The summed E-state index contributed by atoms with van der Waals surface area (Å²) >= 11 is 0. The molecule has 0 aliphatic rings. The molecule has 0 spiro atoms. The first kappa shape index (κ1) is 70.9. The molecule has 0 aromatic heterocycles. The lowest BCUT2D eigenvalue weighted by atomic mass is 9.92. The van der Waals surface area contributed by atoms with Crippen LogP contribution in [0, 0.1) is 0 Å². The summed E-state index contributed by atoms with van der Waals surface area (Å²) in [7, 11) is 0. The molecule has 0 aliphatic heterocycles. The van der Waals surface area contributed by atoms with Crippen molar-refractivity contribution in [3.63, 3.8) is 0 Å². The Balaban J connectivity index is 3.76. The summed E-state index contributed by atoms with van der Waals surface area (Å²) in [6, 6.07) is 0.228. The Morgan fingerprint density at radius 2 is 0.468 bits per heavy atom. The maximum atomic E-state index is 14.4. The Bertz CT molecular complexity index is 2030. The van der Waals surface area contributed by atoms with Crippen molar-refractivity contribution >= 4 is 0 Å². The Hall–Kier alpha value is -4.15. The van der Waals surface area contributed by atoms with Crippen LogP contribution in [-0.4, -0.2) is 132 Å². The smallest absolute Gasteiger partial charge is 0.460 e. The second-order valence-electron chi connectivity index (χ2n) is 15.4. The quantitative estimate of drug-likeness (QED) is 0.0671. The third kappa shape index (κ3) is 11.7. The summed E-state index contributed by atoms with van der Waals surface area (Å²) in [6.45, 7) is -7.61. The average Bonchev–Trinajstić information content (AvgIpc) is 3.23.